The van der Waals surface area contributed by atoms with Crippen molar-refractivity contribution in [2.24, 2.45) is 29.6 Å². The maximum absolute atomic E-state index is 14.1. The number of fused-ring (bicyclic) bond motifs is 9. The van der Waals surface area contributed by atoms with Crippen molar-refractivity contribution < 1.29 is 19.1 Å². The number of hydrogen-bond donors (Lipinski definition) is 2. The lowest BCUT2D eigenvalue weighted by atomic mass is 9.68. The molecule has 1 saturated heterocycles. The largest absolute Gasteiger partial charge is 0.483 e. The summed E-state index contributed by atoms with van der Waals surface area (Å²) in [5, 5.41) is 4.67. The van der Waals surface area contributed by atoms with Crippen molar-refractivity contribution >= 4 is 103 Å². The van der Waals surface area contributed by atoms with Crippen LogP contribution < -0.4 is 19.8 Å². The molecule has 0 radical (unpaired) electrons. The molecule has 3 amide bonds. The van der Waals surface area contributed by atoms with E-state index in [4.69, 9.17) is 39.5 Å². The number of thioether (sulfide) groups is 1. The van der Waals surface area contributed by atoms with Crippen LogP contribution in [0, 0.1) is 29.6 Å². The molecule has 0 spiro atoms. The van der Waals surface area contributed by atoms with Gasteiger partial charge in [0.15, 0.2) is 6.61 Å². The third-order valence-corrected chi connectivity index (χ3v) is 13.8. The van der Waals surface area contributed by atoms with Crippen LogP contribution >= 0.6 is 73.8 Å². The minimum absolute atomic E-state index is 0.0181. The van der Waals surface area contributed by atoms with Crippen LogP contribution in [-0.2, 0) is 14.4 Å². The van der Waals surface area contributed by atoms with Crippen molar-refractivity contribution in [2.45, 2.75) is 22.6 Å². The molecule has 2 aliphatic heterocycles. The fraction of sp³-hybridized carbons (Fsp3) is 0.273. The zero-order valence-electron chi connectivity index (χ0n) is 24.0. The Morgan fingerprint density at radius 1 is 0.957 bits per heavy atom. The van der Waals surface area contributed by atoms with Gasteiger partial charge in [-0.1, -0.05) is 62.1 Å². The van der Waals surface area contributed by atoms with Gasteiger partial charge in [-0.05, 0) is 84.8 Å². The average molecular weight is 792 g/mol. The molecule has 8 nitrogen and oxygen atoms in total. The number of ether oxygens (including phenoxy) is 1. The zero-order chi connectivity index (χ0) is 32.7. The van der Waals surface area contributed by atoms with Gasteiger partial charge >= 0.3 is 4.87 Å². The summed E-state index contributed by atoms with van der Waals surface area (Å²) >= 11 is 24.9. The van der Waals surface area contributed by atoms with Gasteiger partial charge in [-0.25, -0.2) is 0 Å². The molecule has 240 valence electrons. The SMILES string of the molecule is O=C(COc1ccc(Cl)cc1[C@@H]1c2sc(=O)[nH]c2S[C@@H]2[C@@H]3C[C@@H]([C@@H]4C(=O)N(c5ccc(Br)cc5)C(=O)[C@@H]34)[C@H]12)Nc1ccc(Cl)c(Cl)c1. The lowest BCUT2D eigenvalue weighted by Crippen LogP contribution is -2.42. The van der Waals surface area contributed by atoms with Crippen LogP contribution in [0.15, 0.2) is 75.0 Å². The Morgan fingerprint density at radius 3 is 2.45 bits per heavy atom. The van der Waals surface area contributed by atoms with Crippen LogP contribution in [0.1, 0.15) is 22.8 Å². The van der Waals surface area contributed by atoms with E-state index in [-0.39, 0.29) is 52.2 Å². The average Bonchev–Trinajstić information content (AvgIpc) is 3.78. The zero-order valence-corrected chi connectivity index (χ0v) is 29.5. The molecule has 14 heteroatoms. The summed E-state index contributed by atoms with van der Waals surface area (Å²) in [5.74, 6) is -1.72. The van der Waals surface area contributed by atoms with Crippen molar-refractivity contribution in [3.8, 4) is 5.75 Å². The fourth-order valence-corrected chi connectivity index (χ4v) is 11.6. The molecule has 2 aliphatic carbocycles. The third kappa shape index (κ3) is 5.25. The number of imide groups is 1. The van der Waals surface area contributed by atoms with Crippen molar-refractivity contribution in [3.05, 3.63) is 100 Å². The first kappa shape index (κ1) is 31.5. The lowest BCUT2D eigenvalue weighted by Gasteiger charge is -2.43. The van der Waals surface area contributed by atoms with Gasteiger partial charge in [0.25, 0.3) is 5.91 Å². The van der Waals surface area contributed by atoms with E-state index >= 15 is 0 Å². The number of anilines is 2. The number of aromatic amines is 1. The van der Waals surface area contributed by atoms with Crippen molar-refractivity contribution in [3.63, 3.8) is 0 Å². The molecule has 4 aromatic rings. The molecule has 3 heterocycles. The summed E-state index contributed by atoms with van der Waals surface area (Å²) in [6, 6.07) is 17.2. The number of carbonyl (C=O) groups is 3. The lowest BCUT2D eigenvalue weighted by molar-refractivity contribution is -0.123. The number of rotatable bonds is 6. The van der Waals surface area contributed by atoms with Gasteiger partial charge < -0.3 is 15.0 Å². The Labute approximate surface area is 300 Å². The van der Waals surface area contributed by atoms with E-state index in [0.29, 0.717) is 32.2 Å². The molecule has 47 heavy (non-hydrogen) atoms. The molecule has 3 aromatic carbocycles. The molecular weight excluding hydrogens is 769 g/mol. The number of H-pyrrole nitrogens is 1. The standard InChI is InChI=1S/C33H23BrCl3N3O5S2/c34-13-1-5-16(6-2-13)40-31(42)26-18-11-19(27(26)32(40)43)28-25(18)24(29-30(46-28)39-33(44)47-29)17-9-14(35)3-8-22(17)45-12-23(41)38-15-4-7-20(36)21(37)10-15/h1-10,18-19,24-28H,11-12H2,(H,38,41)(H,39,44)/t18-,19-,24+,25-,26+,27+,28-/m1/s1. The second kappa shape index (κ2) is 12.0. The van der Waals surface area contributed by atoms with Gasteiger partial charge in [0.2, 0.25) is 11.8 Å². The predicted octanol–water partition coefficient (Wildman–Crippen LogP) is 7.85. The molecule has 8 rings (SSSR count). The maximum atomic E-state index is 14.1. The van der Waals surface area contributed by atoms with Crippen LogP contribution in [0.5, 0.6) is 5.75 Å². The summed E-state index contributed by atoms with van der Waals surface area (Å²) in [6.07, 6.45) is 0.738. The first-order valence-electron chi connectivity index (χ1n) is 14.8. The summed E-state index contributed by atoms with van der Waals surface area (Å²) in [4.78, 5) is 58.7. The Balaban J connectivity index is 1.13. The quantitative estimate of drug-likeness (QED) is 0.193. The van der Waals surface area contributed by atoms with Gasteiger partial charge in [-0.15, -0.1) is 11.8 Å². The number of thiazole rings is 1. The van der Waals surface area contributed by atoms with E-state index in [2.05, 4.69) is 26.2 Å². The number of aromatic nitrogens is 1. The first-order chi connectivity index (χ1) is 22.6. The van der Waals surface area contributed by atoms with Crippen molar-refractivity contribution in [1.82, 2.24) is 4.98 Å². The van der Waals surface area contributed by atoms with Crippen LogP contribution in [0.2, 0.25) is 15.1 Å². The minimum atomic E-state index is -0.460. The van der Waals surface area contributed by atoms with Crippen LogP contribution in [0.3, 0.4) is 0 Å². The Morgan fingerprint density at radius 2 is 1.70 bits per heavy atom. The maximum Gasteiger partial charge on any atom is 0.305 e. The van der Waals surface area contributed by atoms with E-state index in [9.17, 15) is 19.2 Å². The Kier molecular flexibility index (Phi) is 8.01. The van der Waals surface area contributed by atoms with Gasteiger partial charge in [0, 0.05) is 36.8 Å². The minimum Gasteiger partial charge on any atom is -0.483 e. The fourth-order valence-electron chi connectivity index (χ4n) is 8.02. The molecule has 7 atom stereocenters. The predicted molar refractivity (Wildman–Crippen MR) is 187 cm³/mol. The van der Waals surface area contributed by atoms with Crippen molar-refractivity contribution in [1.29, 1.82) is 0 Å². The summed E-state index contributed by atoms with van der Waals surface area (Å²) < 4.78 is 7.00. The molecule has 2 bridgehead atoms. The summed E-state index contributed by atoms with van der Waals surface area (Å²) in [7, 11) is 0. The molecule has 4 aliphatic rings. The number of amides is 3. The summed E-state index contributed by atoms with van der Waals surface area (Å²) in [5.41, 5.74) is 1.78. The number of halogens is 4. The summed E-state index contributed by atoms with van der Waals surface area (Å²) in [6.45, 7) is -0.299. The Bertz CT molecular complexity index is 2040. The smallest absolute Gasteiger partial charge is 0.305 e. The van der Waals surface area contributed by atoms with E-state index in [1.165, 1.54) is 4.90 Å². The number of benzene rings is 3. The topological polar surface area (TPSA) is 109 Å². The van der Waals surface area contributed by atoms with Crippen LogP contribution in [-0.4, -0.2) is 34.6 Å². The molecule has 2 saturated carbocycles. The van der Waals surface area contributed by atoms with Crippen LogP contribution in [0.25, 0.3) is 0 Å². The molecule has 3 fully saturated rings. The highest BCUT2D eigenvalue weighted by molar-refractivity contribution is 9.10. The third-order valence-electron chi connectivity index (χ3n) is 9.68. The highest BCUT2D eigenvalue weighted by Gasteiger charge is 2.69. The molecule has 1 aromatic heterocycles. The number of carbonyl (C=O) groups excluding carboxylic acids is 3. The highest BCUT2D eigenvalue weighted by atomic mass is 79.9. The van der Waals surface area contributed by atoms with Gasteiger partial charge in [0.05, 0.1) is 32.6 Å². The first-order valence-corrected chi connectivity index (χ1v) is 18.4. The monoisotopic (exact) mass is 789 g/mol. The normalized spacial score (nSPS) is 27.1. The molecule has 0 unspecified atom stereocenters. The van der Waals surface area contributed by atoms with Gasteiger partial charge in [0.1, 0.15) is 5.75 Å². The van der Waals surface area contributed by atoms with E-state index in [0.717, 1.165) is 37.7 Å². The highest BCUT2D eigenvalue weighted by Crippen LogP contribution is 2.69. The number of nitrogens with one attached hydrogen (secondary N) is 2. The van der Waals surface area contributed by atoms with Crippen molar-refractivity contribution in [2.75, 3.05) is 16.8 Å². The van der Waals surface area contributed by atoms with E-state index in [1.807, 2.05) is 18.2 Å². The second-order valence-electron chi connectivity index (χ2n) is 12.1. The number of nitrogens with zero attached hydrogens (tertiary/aromatic N) is 1. The second-order valence-corrected chi connectivity index (χ2v) is 16.5. The molecular formula is C33H23BrCl3N3O5S2. The Hall–Kier alpha value is -2.80. The number of hydrogen-bond acceptors (Lipinski definition) is 7. The van der Waals surface area contributed by atoms with E-state index < -0.39 is 17.7 Å². The van der Waals surface area contributed by atoms with E-state index in [1.54, 1.807) is 54.2 Å². The van der Waals surface area contributed by atoms with Gasteiger partial charge in [-0.2, -0.15) is 0 Å². The van der Waals surface area contributed by atoms with Crippen LogP contribution in [0.4, 0.5) is 11.4 Å². The molecule has 2 N–H and O–H groups in total. The van der Waals surface area contributed by atoms with Gasteiger partial charge in [-0.3, -0.25) is 24.1 Å².